The molecule has 0 unspecified atom stereocenters. The van der Waals surface area contributed by atoms with Gasteiger partial charge in [-0.05, 0) is 32.0 Å². The molecule has 0 radical (unpaired) electrons. The van der Waals surface area contributed by atoms with E-state index in [2.05, 4.69) is 15.6 Å². The molecule has 1 atom stereocenters. The molecule has 0 aliphatic heterocycles. The summed E-state index contributed by atoms with van der Waals surface area (Å²) in [6.45, 7) is 3.96. The molecule has 23 heavy (non-hydrogen) atoms. The molecule has 8 heteroatoms. The summed E-state index contributed by atoms with van der Waals surface area (Å²) in [6, 6.07) is 6.85. The molecule has 0 saturated heterocycles. The lowest BCUT2D eigenvalue weighted by atomic mass is 10.3. The highest BCUT2D eigenvalue weighted by Crippen LogP contribution is 2.25. The topological polar surface area (TPSA) is 76.0 Å². The van der Waals surface area contributed by atoms with Crippen LogP contribution >= 0.6 is 23.4 Å². The number of thioether (sulfide) groups is 1. The van der Waals surface area contributed by atoms with Gasteiger partial charge in [-0.25, -0.2) is 9.78 Å². The molecule has 1 aromatic heterocycles. The summed E-state index contributed by atoms with van der Waals surface area (Å²) in [7, 11) is 0. The first kappa shape index (κ1) is 17.4. The SMILES string of the molecule is CCNC(=O)NC(=O)[C@@H](C)Sc1nccn1-c1cccc(Cl)c1. The van der Waals surface area contributed by atoms with Crippen molar-refractivity contribution in [1.82, 2.24) is 20.2 Å². The number of imidazole rings is 1. The lowest BCUT2D eigenvalue weighted by Gasteiger charge is -2.13. The number of halogens is 1. The van der Waals surface area contributed by atoms with Crippen molar-refractivity contribution in [1.29, 1.82) is 0 Å². The minimum Gasteiger partial charge on any atom is -0.338 e. The van der Waals surface area contributed by atoms with Crippen LogP contribution in [0.5, 0.6) is 0 Å². The van der Waals surface area contributed by atoms with Crippen LogP contribution in [0.15, 0.2) is 41.8 Å². The van der Waals surface area contributed by atoms with Gasteiger partial charge in [-0.15, -0.1) is 0 Å². The van der Waals surface area contributed by atoms with E-state index in [0.29, 0.717) is 16.7 Å². The molecule has 0 aliphatic carbocycles. The Morgan fingerprint density at radius 1 is 1.43 bits per heavy atom. The van der Waals surface area contributed by atoms with Crippen LogP contribution in [-0.2, 0) is 4.79 Å². The Morgan fingerprint density at radius 2 is 2.22 bits per heavy atom. The molecule has 6 nitrogen and oxygen atoms in total. The molecule has 0 spiro atoms. The zero-order chi connectivity index (χ0) is 16.8. The fourth-order valence-corrected chi connectivity index (χ4v) is 2.90. The van der Waals surface area contributed by atoms with Gasteiger partial charge in [-0.1, -0.05) is 29.4 Å². The average molecular weight is 353 g/mol. The van der Waals surface area contributed by atoms with Gasteiger partial charge in [-0.2, -0.15) is 0 Å². The van der Waals surface area contributed by atoms with Crippen LogP contribution in [0.25, 0.3) is 5.69 Å². The van der Waals surface area contributed by atoms with Crippen LogP contribution in [0.1, 0.15) is 13.8 Å². The predicted octanol–water partition coefficient (Wildman–Crippen LogP) is 2.85. The van der Waals surface area contributed by atoms with Crippen molar-refractivity contribution < 1.29 is 9.59 Å². The largest absolute Gasteiger partial charge is 0.338 e. The smallest absolute Gasteiger partial charge is 0.321 e. The number of benzene rings is 1. The molecule has 2 rings (SSSR count). The standard InChI is InChI=1S/C15H17ClN4O2S/c1-3-17-14(22)19-13(21)10(2)23-15-18-7-8-20(15)12-6-4-5-11(16)9-12/h4-10H,3H2,1-2H3,(H2,17,19,21,22)/t10-/m1/s1. The lowest BCUT2D eigenvalue weighted by molar-refractivity contribution is -0.119. The summed E-state index contributed by atoms with van der Waals surface area (Å²) in [6.07, 6.45) is 3.44. The second-order valence-corrected chi connectivity index (χ2v) is 6.41. The van der Waals surface area contributed by atoms with E-state index in [1.54, 1.807) is 32.3 Å². The van der Waals surface area contributed by atoms with Crippen molar-refractivity contribution in [2.75, 3.05) is 6.54 Å². The number of imide groups is 1. The lowest BCUT2D eigenvalue weighted by Crippen LogP contribution is -2.42. The second-order valence-electron chi connectivity index (χ2n) is 4.67. The van der Waals surface area contributed by atoms with E-state index in [1.807, 2.05) is 22.8 Å². The number of hydrogen-bond donors (Lipinski definition) is 2. The maximum absolute atomic E-state index is 12.0. The summed E-state index contributed by atoms with van der Waals surface area (Å²) < 4.78 is 1.84. The van der Waals surface area contributed by atoms with Gasteiger partial charge in [0, 0.05) is 29.6 Å². The van der Waals surface area contributed by atoms with Crippen LogP contribution in [0.3, 0.4) is 0 Å². The van der Waals surface area contributed by atoms with E-state index < -0.39 is 11.3 Å². The monoisotopic (exact) mass is 352 g/mol. The average Bonchev–Trinajstić information content (AvgIpc) is 2.95. The van der Waals surface area contributed by atoms with Gasteiger partial charge in [0.15, 0.2) is 5.16 Å². The van der Waals surface area contributed by atoms with Crippen LogP contribution in [0.2, 0.25) is 5.02 Å². The van der Waals surface area contributed by atoms with E-state index >= 15 is 0 Å². The summed E-state index contributed by atoms with van der Waals surface area (Å²) >= 11 is 7.27. The number of carbonyl (C=O) groups excluding carboxylic acids is 2. The fraction of sp³-hybridized carbons (Fsp3) is 0.267. The Labute approximate surface area is 143 Å². The number of hydrogen-bond acceptors (Lipinski definition) is 4. The number of aromatic nitrogens is 2. The Balaban J connectivity index is 2.08. The first-order chi connectivity index (χ1) is 11.0. The molecule has 0 saturated carbocycles. The van der Waals surface area contributed by atoms with Crippen molar-refractivity contribution in [3.05, 3.63) is 41.7 Å². The zero-order valence-electron chi connectivity index (χ0n) is 12.7. The molecular weight excluding hydrogens is 336 g/mol. The minimum absolute atomic E-state index is 0.374. The number of rotatable bonds is 5. The van der Waals surface area contributed by atoms with Gasteiger partial charge < -0.3 is 5.32 Å². The Kier molecular flexibility index (Phi) is 6.06. The molecular formula is C15H17ClN4O2S. The van der Waals surface area contributed by atoms with Gasteiger partial charge in [0.05, 0.1) is 5.25 Å². The molecule has 0 fully saturated rings. The van der Waals surface area contributed by atoms with Crippen molar-refractivity contribution in [3.8, 4) is 5.69 Å². The number of urea groups is 1. The highest BCUT2D eigenvalue weighted by atomic mass is 35.5. The fourth-order valence-electron chi connectivity index (χ4n) is 1.83. The maximum atomic E-state index is 12.0. The van der Waals surface area contributed by atoms with Gasteiger partial charge in [0.25, 0.3) is 0 Å². The molecule has 0 aliphatic rings. The van der Waals surface area contributed by atoms with Gasteiger partial charge in [0.1, 0.15) is 0 Å². The maximum Gasteiger partial charge on any atom is 0.321 e. The number of nitrogens with one attached hydrogen (secondary N) is 2. The second kappa shape index (κ2) is 8.03. The van der Waals surface area contributed by atoms with E-state index in [0.717, 1.165) is 5.69 Å². The first-order valence-corrected chi connectivity index (χ1v) is 8.31. The zero-order valence-corrected chi connectivity index (χ0v) is 14.3. The number of carbonyl (C=O) groups is 2. The third kappa shape index (κ3) is 4.74. The minimum atomic E-state index is -0.497. The molecule has 3 amide bonds. The molecule has 122 valence electrons. The van der Waals surface area contributed by atoms with E-state index in [-0.39, 0.29) is 5.91 Å². The quantitative estimate of drug-likeness (QED) is 0.811. The Morgan fingerprint density at radius 3 is 2.91 bits per heavy atom. The first-order valence-electron chi connectivity index (χ1n) is 7.06. The van der Waals surface area contributed by atoms with Crippen molar-refractivity contribution >= 4 is 35.3 Å². The van der Waals surface area contributed by atoms with Crippen LogP contribution in [0.4, 0.5) is 4.79 Å². The van der Waals surface area contributed by atoms with Crippen molar-refractivity contribution in [2.24, 2.45) is 0 Å². The number of amides is 3. The summed E-state index contributed by atoms with van der Waals surface area (Å²) in [5.74, 6) is -0.374. The predicted molar refractivity (Wildman–Crippen MR) is 91.1 cm³/mol. The van der Waals surface area contributed by atoms with Gasteiger partial charge >= 0.3 is 6.03 Å². The summed E-state index contributed by atoms with van der Waals surface area (Å²) in [5.41, 5.74) is 0.855. The van der Waals surface area contributed by atoms with Crippen LogP contribution < -0.4 is 10.6 Å². The molecule has 1 aromatic carbocycles. The van der Waals surface area contributed by atoms with E-state index in [4.69, 9.17) is 11.6 Å². The van der Waals surface area contributed by atoms with Crippen LogP contribution in [0, 0.1) is 0 Å². The summed E-state index contributed by atoms with van der Waals surface area (Å²) in [4.78, 5) is 27.7. The highest BCUT2D eigenvalue weighted by molar-refractivity contribution is 8.00. The van der Waals surface area contributed by atoms with Crippen molar-refractivity contribution in [2.45, 2.75) is 24.3 Å². The van der Waals surface area contributed by atoms with Crippen molar-refractivity contribution in [3.63, 3.8) is 0 Å². The van der Waals surface area contributed by atoms with Crippen LogP contribution in [-0.4, -0.2) is 33.3 Å². The van der Waals surface area contributed by atoms with E-state index in [9.17, 15) is 9.59 Å². The normalized spacial score (nSPS) is 11.8. The molecule has 0 bridgehead atoms. The highest BCUT2D eigenvalue weighted by Gasteiger charge is 2.19. The summed E-state index contributed by atoms with van der Waals surface area (Å²) in [5, 5.41) is 5.60. The Hall–Kier alpha value is -1.99. The Bertz CT molecular complexity index is 704. The molecule has 2 aromatic rings. The third-order valence-corrected chi connectivity index (χ3v) is 4.23. The molecule has 1 heterocycles. The van der Waals surface area contributed by atoms with Gasteiger partial charge in [-0.3, -0.25) is 14.7 Å². The van der Waals surface area contributed by atoms with Gasteiger partial charge in [0.2, 0.25) is 5.91 Å². The van der Waals surface area contributed by atoms with E-state index in [1.165, 1.54) is 11.8 Å². The number of nitrogens with zero attached hydrogens (tertiary/aromatic N) is 2. The third-order valence-electron chi connectivity index (χ3n) is 2.92. The molecule has 2 N–H and O–H groups in total.